The summed E-state index contributed by atoms with van der Waals surface area (Å²) in [4.78, 5) is 4.02. The summed E-state index contributed by atoms with van der Waals surface area (Å²) in [5, 5.41) is 4.45. The van der Waals surface area contributed by atoms with Crippen molar-refractivity contribution in [2.45, 2.75) is 19.9 Å². The van der Waals surface area contributed by atoms with Gasteiger partial charge in [-0.15, -0.1) is 0 Å². The van der Waals surface area contributed by atoms with E-state index in [1.54, 1.807) is 6.20 Å². The molecule has 0 fully saturated rings. The Bertz CT molecular complexity index is 444. The fourth-order valence-corrected chi connectivity index (χ4v) is 2.29. The van der Waals surface area contributed by atoms with E-state index in [0.717, 1.165) is 23.1 Å². The zero-order chi connectivity index (χ0) is 10.8. The quantitative estimate of drug-likeness (QED) is 0.854. The minimum Gasteiger partial charge on any atom is -0.331 e. The molecule has 5 heteroatoms. The molecule has 2 aromatic heterocycles. The number of aromatic nitrogens is 4. The van der Waals surface area contributed by atoms with Gasteiger partial charge < -0.3 is 4.57 Å². The molecule has 2 aromatic rings. The summed E-state index contributed by atoms with van der Waals surface area (Å²) in [6.45, 7) is 2.90. The molecule has 4 nitrogen and oxygen atoms in total. The zero-order valence-electron chi connectivity index (χ0n) is 8.81. The van der Waals surface area contributed by atoms with E-state index in [4.69, 9.17) is 0 Å². The molecule has 2 heterocycles. The molecule has 0 atom stereocenters. The number of hydrogen-bond acceptors (Lipinski definition) is 2. The van der Waals surface area contributed by atoms with Gasteiger partial charge in [-0.2, -0.15) is 5.10 Å². The van der Waals surface area contributed by atoms with Crippen LogP contribution >= 0.6 is 15.9 Å². The topological polar surface area (TPSA) is 35.6 Å². The van der Waals surface area contributed by atoms with Gasteiger partial charge in [-0.1, -0.05) is 6.92 Å². The second-order valence-electron chi connectivity index (χ2n) is 3.42. The van der Waals surface area contributed by atoms with Gasteiger partial charge in [0.05, 0.1) is 28.7 Å². The molecule has 80 valence electrons. The van der Waals surface area contributed by atoms with Crippen LogP contribution in [0.5, 0.6) is 0 Å². The van der Waals surface area contributed by atoms with Gasteiger partial charge in [-0.25, -0.2) is 4.98 Å². The molecule has 0 radical (unpaired) electrons. The van der Waals surface area contributed by atoms with Gasteiger partial charge in [0.25, 0.3) is 0 Å². The van der Waals surface area contributed by atoms with Crippen molar-refractivity contribution in [3.8, 4) is 0 Å². The SMILES string of the molecule is CCc1nn(C)c(Cn2ccnc2)c1Br. The van der Waals surface area contributed by atoms with Crippen molar-refractivity contribution in [3.05, 3.63) is 34.6 Å². The summed E-state index contributed by atoms with van der Waals surface area (Å²) < 4.78 is 5.06. The van der Waals surface area contributed by atoms with Crippen molar-refractivity contribution in [3.63, 3.8) is 0 Å². The fraction of sp³-hybridized carbons (Fsp3) is 0.400. The minimum absolute atomic E-state index is 0.796. The van der Waals surface area contributed by atoms with Crippen molar-refractivity contribution < 1.29 is 0 Å². The molecular weight excluding hydrogens is 256 g/mol. The van der Waals surface area contributed by atoms with Gasteiger partial charge in [0.1, 0.15) is 0 Å². The highest BCUT2D eigenvalue weighted by molar-refractivity contribution is 9.10. The van der Waals surface area contributed by atoms with Crippen LogP contribution in [0.3, 0.4) is 0 Å². The third-order valence-electron chi connectivity index (χ3n) is 2.39. The third-order valence-corrected chi connectivity index (χ3v) is 3.31. The minimum atomic E-state index is 0.796. The fourth-order valence-electron chi connectivity index (χ4n) is 1.54. The number of imidazole rings is 1. The molecule has 0 aliphatic heterocycles. The van der Waals surface area contributed by atoms with Crippen molar-refractivity contribution in [1.82, 2.24) is 19.3 Å². The third kappa shape index (κ3) is 1.97. The maximum absolute atomic E-state index is 4.45. The second-order valence-corrected chi connectivity index (χ2v) is 4.21. The van der Waals surface area contributed by atoms with Crippen LogP contribution in [-0.2, 0) is 20.0 Å². The summed E-state index contributed by atoms with van der Waals surface area (Å²) in [5.74, 6) is 0. The molecule has 0 saturated heterocycles. The molecule has 2 rings (SSSR count). The Morgan fingerprint density at radius 1 is 1.47 bits per heavy atom. The van der Waals surface area contributed by atoms with E-state index in [1.807, 2.05) is 28.8 Å². The van der Waals surface area contributed by atoms with E-state index in [0.29, 0.717) is 0 Å². The number of aryl methyl sites for hydroxylation is 2. The number of halogens is 1. The maximum atomic E-state index is 4.45. The summed E-state index contributed by atoms with van der Waals surface area (Å²) in [6.07, 6.45) is 6.49. The van der Waals surface area contributed by atoms with Gasteiger partial charge in [-0.3, -0.25) is 4.68 Å². The smallest absolute Gasteiger partial charge is 0.0949 e. The zero-order valence-corrected chi connectivity index (χ0v) is 10.4. The molecule has 0 aliphatic rings. The van der Waals surface area contributed by atoms with Crippen LogP contribution in [0.2, 0.25) is 0 Å². The standard InChI is InChI=1S/C10H13BrN4/c1-3-8-10(11)9(14(2)13-8)6-15-5-4-12-7-15/h4-5,7H,3,6H2,1-2H3. The van der Waals surface area contributed by atoms with Crippen LogP contribution in [0.1, 0.15) is 18.3 Å². The average Bonchev–Trinajstić information content (AvgIpc) is 2.81. The average molecular weight is 269 g/mol. The summed E-state index contributed by atoms with van der Waals surface area (Å²) in [6, 6.07) is 0. The van der Waals surface area contributed by atoms with Crippen LogP contribution in [0.15, 0.2) is 23.2 Å². The largest absolute Gasteiger partial charge is 0.331 e. The lowest BCUT2D eigenvalue weighted by atomic mass is 10.3. The van der Waals surface area contributed by atoms with Gasteiger partial charge in [0.2, 0.25) is 0 Å². The molecule has 0 aromatic carbocycles. The van der Waals surface area contributed by atoms with E-state index >= 15 is 0 Å². The molecule has 0 spiro atoms. The van der Waals surface area contributed by atoms with E-state index in [9.17, 15) is 0 Å². The first kappa shape index (κ1) is 10.4. The molecule has 0 amide bonds. The molecule has 15 heavy (non-hydrogen) atoms. The maximum Gasteiger partial charge on any atom is 0.0949 e. The Morgan fingerprint density at radius 3 is 2.80 bits per heavy atom. The van der Waals surface area contributed by atoms with Gasteiger partial charge in [-0.05, 0) is 22.4 Å². The first-order chi connectivity index (χ1) is 7.22. The van der Waals surface area contributed by atoms with Crippen molar-refractivity contribution >= 4 is 15.9 Å². The van der Waals surface area contributed by atoms with Crippen LogP contribution < -0.4 is 0 Å². The van der Waals surface area contributed by atoms with E-state index < -0.39 is 0 Å². The normalized spacial score (nSPS) is 10.9. The summed E-state index contributed by atoms with van der Waals surface area (Å²) in [5.41, 5.74) is 2.28. The molecule has 0 aliphatic carbocycles. The monoisotopic (exact) mass is 268 g/mol. The lowest BCUT2D eigenvalue weighted by Gasteiger charge is -2.03. The van der Waals surface area contributed by atoms with Crippen molar-refractivity contribution in [2.75, 3.05) is 0 Å². The van der Waals surface area contributed by atoms with Gasteiger partial charge in [0.15, 0.2) is 0 Å². The highest BCUT2D eigenvalue weighted by Crippen LogP contribution is 2.22. The Balaban J connectivity index is 2.32. The highest BCUT2D eigenvalue weighted by Gasteiger charge is 2.12. The molecule has 0 saturated carbocycles. The number of hydrogen-bond donors (Lipinski definition) is 0. The predicted octanol–water partition coefficient (Wildman–Crippen LogP) is 1.99. The van der Waals surface area contributed by atoms with Crippen LogP contribution in [-0.4, -0.2) is 19.3 Å². The lowest BCUT2D eigenvalue weighted by molar-refractivity contribution is 0.659. The highest BCUT2D eigenvalue weighted by atomic mass is 79.9. The lowest BCUT2D eigenvalue weighted by Crippen LogP contribution is -2.04. The van der Waals surface area contributed by atoms with E-state index in [2.05, 4.69) is 32.9 Å². The predicted molar refractivity (Wildman–Crippen MR) is 61.6 cm³/mol. The van der Waals surface area contributed by atoms with Gasteiger partial charge >= 0.3 is 0 Å². The molecule has 0 unspecified atom stereocenters. The summed E-state index contributed by atoms with van der Waals surface area (Å²) >= 11 is 3.59. The molecule has 0 N–H and O–H groups in total. The van der Waals surface area contributed by atoms with Crippen LogP contribution in [0.25, 0.3) is 0 Å². The Kier molecular flexibility index (Phi) is 2.90. The number of rotatable bonds is 3. The van der Waals surface area contributed by atoms with Crippen molar-refractivity contribution in [1.29, 1.82) is 0 Å². The Labute approximate surface area is 97.1 Å². The first-order valence-electron chi connectivity index (χ1n) is 4.88. The summed E-state index contributed by atoms with van der Waals surface area (Å²) in [7, 11) is 1.97. The second kappa shape index (κ2) is 4.18. The Hall–Kier alpha value is -1.10. The van der Waals surface area contributed by atoms with Crippen LogP contribution in [0, 0.1) is 0 Å². The Morgan fingerprint density at radius 2 is 2.27 bits per heavy atom. The van der Waals surface area contributed by atoms with Crippen molar-refractivity contribution in [2.24, 2.45) is 7.05 Å². The van der Waals surface area contributed by atoms with E-state index in [-0.39, 0.29) is 0 Å². The number of nitrogens with zero attached hydrogens (tertiary/aromatic N) is 4. The van der Waals surface area contributed by atoms with Gasteiger partial charge in [0, 0.05) is 19.4 Å². The van der Waals surface area contributed by atoms with E-state index in [1.165, 1.54) is 5.69 Å². The molecule has 0 bridgehead atoms. The molecular formula is C10H13BrN4. The first-order valence-corrected chi connectivity index (χ1v) is 5.67. The van der Waals surface area contributed by atoms with Crippen LogP contribution in [0.4, 0.5) is 0 Å².